The van der Waals surface area contributed by atoms with Crippen LogP contribution in [0.25, 0.3) is 10.8 Å². The van der Waals surface area contributed by atoms with Gasteiger partial charge in [0.2, 0.25) is 10.0 Å². The molecule has 3 aromatic carbocycles. The van der Waals surface area contributed by atoms with Crippen LogP contribution >= 0.6 is 0 Å². The Labute approximate surface area is 199 Å². The average Bonchev–Trinajstić information content (AvgIpc) is 2.80. The molecule has 0 heterocycles. The van der Waals surface area contributed by atoms with Crippen LogP contribution in [0.15, 0.2) is 59.5 Å². The van der Waals surface area contributed by atoms with Crippen LogP contribution in [0.3, 0.4) is 0 Å². The van der Waals surface area contributed by atoms with Gasteiger partial charge in [0.25, 0.3) is 5.91 Å². The summed E-state index contributed by atoms with van der Waals surface area (Å²) in [6.45, 7) is 7.24. The Balaban J connectivity index is 1.76. The van der Waals surface area contributed by atoms with Crippen molar-refractivity contribution in [1.29, 1.82) is 0 Å². The first-order valence-corrected chi connectivity index (χ1v) is 12.4. The molecular weight excluding hydrogens is 456 g/mol. The van der Waals surface area contributed by atoms with Gasteiger partial charge in [-0.25, -0.2) is 13.2 Å². The van der Waals surface area contributed by atoms with Gasteiger partial charge >= 0.3 is 5.97 Å². The monoisotopic (exact) mass is 484 g/mol. The van der Waals surface area contributed by atoms with Crippen LogP contribution in [-0.2, 0) is 19.6 Å². The minimum Gasteiger partial charge on any atom is -0.507 e. The van der Waals surface area contributed by atoms with E-state index in [-0.39, 0.29) is 21.9 Å². The molecule has 0 aliphatic rings. The molecule has 8 nitrogen and oxygen atoms in total. The molecule has 0 fully saturated rings. The molecule has 0 saturated heterocycles. The molecule has 0 aliphatic heterocycles. The molecule has 0 aliphatic carbocycles. The Morgan fingerprint density at radius 3 is 2.26 bits per heavy atom. The summed E-state index contributed by atoms with van der Waals surface area (Å²) in [6.07, 6.45) is -1.19. The molecule has 1 amide bonds. The number of phenolic OH excluding ortho intramolecular Hbond substituents is 1. The van der Waals surface area contributed by atoms with Crippen LogP contribution < -0.4 is 5.32 Å². The van der Waals surface area contributed by atoms with E-state index >= 15 is 0 Å². The second-order valence-electron chi connectivity index (χ2n) is 7.82. The third-order valence-corrected chi connectivity index (χ3v) is 7.71. The number of carbonyl (C=O) groups excluding carboxylic acids is 2. The highest BCUT2D eigenvalue weighted by atomic mass is 32.2. The van der Waals surface area contributed by atoms with E-state index in [0.29, 0.717) is 18.7 Å². The molecule has 3 aromatic rings. The zero-order chi connectivity index (χ0) is 25.0. The zero-order valence-electron chi connectivity index (χ0n) is 19.5. The van der Waals surface area contributed by atoms with Crippen LogP contribution in [0.5, 0.6) is 5.75 Å². The number of sulfonamides is 1. The molecule has 0 bridgehead atoms. The number of hydrogen-bond acceptors (Lipinski definition) is 6. The molecule has 2 N–H and O–H groups in total. The number of anilines is 1. The van der Waals surface area contributed by atoms with Gasteiger partial charge in [0.15, 0.2) is 6.10 Å². The number of hydrogen-bond donors (Lipinski definition) is 2. The van der Waals surface area contributed by atoms with Gasteiger partial charge in [-0.05, 0) is 54.4 Å². The Morgan fingerprint density at radius 1 is 1.03 bits per heavy atom. The number of aryl methyl sites for hydroxylation is 1. The number of nitrogens with one attached hydrogen (secondary N) is 1. The number of benzene rings is 3. The van der Waals surface area contributed by atoms with E-state index in [4.69, 9.17) is 4.74 Å². The van der Waals surface area contributed by atoms with E-state index in [0.717, 1.165) is 10.8 Å². The Hall–Kier alpha value is -3.43. The molecule has 3 rings (SSSR count). The van der Waals surface area contributed by atoms with Crippen molar-refractivity contribution in [2.45, 2.75) is 38.7 Å². The summed E-state index contributed by atoms with van der Waals surface area (Å²) in [4.78, 5) is 25.4. The van der Waals surface area contributed by atoms with Crippen LogP contribution in [-0.4, -0.2) is 48.9 Å². The number of ether oxygens (including phenoxy) is 1. The fraction of sp³-hybridized carbons (Fsp3) is 0.280. The summed E-state index contributed by atoms with van der Waals surface area (Å²) in [7, 11) is -3.72. The minimum atomic E-state index is -3.72. The number of carbonyl (C=O) groups is 2. The van der Waals surface area contributed by atoms with Gasteiger partial charge in [-0.15, -0.1) is 0 Å². The summed E-state index contributed by atoms with van der Waals surface area (Å²) >= 11 is 0. The molecule has 0 saturated carbocycles. The van der Waals surface area contributed by atoms with E-state index < -0.39 is 28.0 Å². The van der Waals surface area contributed by atoms with Gasteiger partial charge in [0, 0.05) is 18.8 Å². The van der Waals surface area contributed by atoms with Gasteiger partial charge in [0.05, 0.1) is 4.90 Å². The summed E-state index contributed by atoms with van der Waals surface area (Å²) in [6, 6.07) is 14.8. The summed E-state index contributed by atoms with van der Waals surface area (Å²) in [5.41, 5.74) is 0.759. The van der Waals surface area contributed by atoms with Crippen molar-refractivity contribution < 1.29 is 27.9 Å². The molecule has 1 atom stereocenters. The number of nitrogens with zero attached hydrogens (tertiary/aromatic N) is 1. The van der Waals surface area contributed by atoms with Crippen LogP contribution in [0.2, 0.25) is 0 Å². The summed E-state index contributed by atoms with van der Waals surface area (Å²) in [5.74, 6) is -1.73. The zero-order valence-corrected chi connectivity index (χ0v) is 20.3. The third-order valence-electron chi connectivity index (χ3n) is 5.52. The molecular formula is C25H28N2O6S. The maximum absolute atomic E-state index is 12.9. The minimum absolute atomic E-state index is 0.0544. The highest BCUT2D eigenvalue weighted by Gasteiger charge is 2.25. The lowest BCUT2D eigenvalue weighted by atomic mass is 10.1. The summed E-state index contributed by atoms with van der Waals surface area (Å²) < 4.78 is 32.5. The van der Waals surface area contributed by atoms with Gasteiger partial charge < -0.3 is 15.2 Å². The lowest BCUT2D eigenvalue weighted by Crippen LogP contribution is -2.32. The summed E-state index contributed by atoms with van der Waals surface area (Å²) in [5, 5.41) is 14.3. The fourth-order valence-corrected chi connectivity index (χ4v) is 5.28. The average molecular weight is 485 g/mol. The van der Waals surface area contributed by atoms with E-state index in [2.05, 4.69) is 5.32 Å². The SMILES string of the molecule is CCN(CC)S(=O)(=O)c1cc(NC(=O)C(C)OC(=O)c2cc3ccccc3cc2O)ccc1C. The highest BCUT2D eigenvalue weighted by Crippen LogP contribution is 2.27. The van der Waals surface area contributed by atoms with Crippen LogP contribution in [0, 0.1) is 6.92 Å². The second kappa shape index (κ2) is 10.2. The second-order valence-corrected chi connectivity index (χ2v) is 9.73. The molecule has 34 heavy (non-hydrogen) atoms. The van der Waals surface area contributed by atoms with Crippen molar-refractivity contribution in [2.24, 2.45) is 0 Å². The van der Waals surface area contributed by atoms with Gasteiger partial charge in [-0.2, -0.15) is 4.31 Å². The fourth-order valence-electron chi connectivity index (χ4n) is 3.57. The number of phenols is 1. The largest absolute Gasteiger partial charge is 0.507 e. The number of amides is 1. The molecule has 0 spiro atoms. The third kappa shape index (κ3) is 5.21. The number of rotatable bonds is 8. The molecule has 9 heteroatoms. The number of fused-ring (bicyclic) bond motifs is 1. The van der Waals surface area contributed by atoms with Crippen LogP contribution in [0.1, 0.15) is 36.7 Å². The van der Waals surface area contributed by atoms with Gasteiger partial charge in [-0.1, -0.05) is 44.2 Å². The van der Waals surface area contributed by atoms with E-state index in [9.17, 15) is 23.1 Å². The van der Waals surface area contributed by atoms with Crippen LogP contribution in [0.4, 0.5) is 5.69 Å². The molecule has 0 aromatic heterocycles. The van der Waals surface area contributed by atoms with Crippen molar-refractivity contribution in [1.82, 2.24) is 4.31 Å². The number of aromatic hydroxyl groups is 1. The molecule has 1 unspecified atom stereocenters. The van der Waals surface area contributed by atoms with Crippen molar-refractivity contribution in [2.75, 3.05) is 18.4 Å². The van der Waals surface area contributed by atoms with Gasteiger partial charge in [0.1, 0.15) is 11.3 Å². The van der Waals surface area contributed by atoms with Crippen molar-refractivity contribution in [3.8, 4) is 5.75 Å². The highest BCUT2D eigenvalue weighted by molar-refractivity contribution is 7.89. The molecule has 180 valence electrons. The van der Waals surface area contributed by atoms with Crippen molar-refractivity contribution in [3.05, 3.63) is 65.7 Å². The Bertz CT molecular complexity index is 1330. The predicted molar refractivity (Wildman–Crippen MR) is 130 cm³/mol. The first kappa shape index (κ1) is 25.2. The molecule has 0 radical (unpaired) electrons. The first-order valence-electron chi connectivity index (χ1n) is 10.9. The lowest BCUT2D eigenvalue weighted by Gasteiger charge is -2.20. The van der Waals surface area contributed by atoms with E-state index in [1.807, 2.05) is 6.07 Å². The predicted octanol–water partition coefficient (Wildman–Crippen LogP) is 4.07. The first-order chi connectivity index (χ1) is 16.1. The van der Waals surface area contributed by atoms with Crippen molar-refractivity contribution >= 4 is 38.4 Å². The normalized spacial score (nSPS) is 12.5. The van der Waals surface area contributed by atoms with Gasteiger partial charge in [-0.3, -0.25) is 4.79 Å². The quantitative estimate of drug-likeness (QED) is 0.466. The van der Waals surface area contributed by atoms with E-state index in [1.54, 1.807) is 51.1 Å². The van der Waals surface area contributed by atoms with E-state index in [1.165, 1.54) is 29.4 Å². The Morgan fingerprint density at radius 2 is 1.65 bits per heavy atom. The smallest absolute Gasteiger partial charge is 0.342 e. The number of esters is 1. The standard InChI is InChI=1S/C25H28N2O6S/c1-5-27(6-2)34(31,32)23-15-20(12-11-16(23)3)26-24(29)17(4)33-25(30)21-13-18-9-7-8-10-19(18)14-22(21)28/h7-15,17,28H,5-6H2,1-4H3,(H,26,29). The topological polar surface area (TPSA) is 113 Å². The van der Waals surface area contributed by atoms with Crippen molar-refractivity contribution in [3.63, 3.8) is 0 Å². The maximum Gasteiger partial charge on any atom is 0.342 e. The lowest BCUT2D eigenvalue weighted by molar-refractivity contribution is -0.123. The maximum atomic E-state index is 12.9. The Kier molecular flexibility index (Phi) is 7.58.